The lowest BCUT2D eigenvalue weighted by Crippen LogP contribution is -2.25. The minimum Gasteiger partial charge on any atom is -0.481 e. The van der Waals surface area contributed by atoms with Crippen LogP contribution in [0.2, 0.25) is 0 Å². The maximum absolute atomic E-state index is 10.5. The van der Waals surface area contributed by atoms with E-state index in [0.717, 1.165) is 19.3 Å². The first-order valence-corrected chi connectivity index (χ1v) is 4.09. The van der Waals surface area contributed by atoms with Crippen molar-refractivity contribution in [2.24, 2.45) is 17.6 Å². The van der Waals surface area contributed by atoms with E-state index in [1.54, 1.807) is 0 Å². The Labute approximate surface area is 66.6 Å². The van der Waals surface area contributed by atoms with Gasteiger partial charge in [0.2, 0.25) is 0 Å². The lowest BCUT2D eigenvalue weighted by Gasteiger charge is -2.12. The van der Waals surface area contributed by atoms with Gasteiger partial charge in [0.1, 0.15) is 0 Å². The van der Waals surface area contributed by atoms with E-state index in [9.17, 15) is 4.79 Å². The molecule has 1 aliphatic carbocycles. The molecular weight excluding hydrogens is 142 g/mol. The van der Waals surface area contributed by atoms with E-state index in [4.69, 9.17) is 10.8 Å². The van der Waals surface area contributed by atoms with Gasteiger partial charge >= 0.3 is 5.97 Å². The third-order valence-electron chi connectivity index (χ3n) is 2.57. The van der Waals surface area contributed by atoms with Crippen molar-refractivity contribution in [1.29, 1.82) is 0 Å². The molecule has 11 heavy (non-hydrogen) atoms. The van der Waals surface area contributed by atoms with E-state index >= 15 is 0 Å². The minimum absolute atomic E-state index is 0.133. The SMILES string of the molecule is CC(N)C1CCC(C(=O)O)C1. The second-order valence-corrected chi connectivity index (χ2v) is 3.47. The monoisotopic (exact) mass is 157 g/mol. The molecule has 0 heterocycles. The number of hydrogen-bond donors (Lipinski definition) is 2. The van der Waals surface area contributed by atoms with Crippen molar-refractivity contribution in [3.8, 4) is 0 Å². The van der Waals surface area contributed by atoms with Gasteiger partial charge in [0.05, 0.1) is 5.92 Å². The highest BCUT2D eigenvalue weighted by atomic mass is 16.4. The zero-order valence-corrected chi connectivity index (χ0v) is 6.79. The van der Waals surface area contributed by atoms with Gasteiger partial charge in [-0.3, -0.25) is 4.79 Å². The molecular formula is C8H15NO2. The number of nitrogens with two attached hydrogens (primary N) is 1. The summed E-state index contributed by atoms with van der Waals surface area (Å²) in [5.41, 5.74) is 5.67. The van der Waals surface area contributed by atoms with Crippen molar-refractivity contribution in [2.45, 2.75) is 32.2 Å². The summed E-state index contributed by atoms with van der Waals surface area (Å²) in [4.78, 5) is 10.5. The van der Waals surface area contributed by atoms with Crippen LogP contribution in [0.4, 0.5) is 0 Å². The first kappa shape index (κ1) is 8.53. The van der Waals surface area contributed by atoms with Gasteiger partial charge in [0.25, 0.3) is 0 Å². The van der Waals surface area contributed by atoms with Crippen molar-refractivity contribution in [3.63, 3.8) is 0 Å². The first-order chi connectivity index (χ1) is 5.11. The van der Waals surface area contributed by atoms with E-state index in [-0.39, 0.29) is 12.0 Å². The van der Waals surface area contributed by atoms with Crippen molar-refractivity contribution >= 4 is 5.97 Å². The molecule has 0 radical (unpaired) electrons. The summed E-state index contributed by atoms with van der Waals surface area (Å²) >= 11 is 0. The lowest BCUT2D eigenvalue weighted by molar-refractivity contribution is -0.141. The van der Waals surface area contributed by atoms with Crippen LogP contribution < -0.4 is 5.73 Å². The summed E-state index contributed by atoms with van der Waals surface area (Å²) in [7, 11) is 0. The van der Waals surface area contributed by atoms with Crippen molar-refractivity contribution in [3.05, 3.63) is 0 Å². The molecule has 0 saturated heterocycles. The number of aliphatic carboxylic acids is 1. The molecule has 3 atom stereocenters. The number of hydrogen-bond acceptors (Lipinski definition) is 2. The maximum Gasteiger partial charge on any atom is 0.306 e. The molecule has 3 unspecified atom stereocenters. The molecule has 3 nitrogen and oxygen atoms in total. The van der Waals surface area contributed by atoms with Gasteiger partial charge in [0, 0.05) is 6.04 Å². The van der Waals surface area contributed by atoms with E-state index < -0.39 is 5.97 Å². The molecule has 0 aromatic rings. The molecule has 3 heteroatoms. The summed E-state index contributed by atoms with van der Waals surface area (Å²) in [6, 6.07) is 0.152. The molecule has 0 aliphatic heterocycles. The third-order valence-corrected chi connectivity index (χ3v) is 2.57. The van der Waals surface area contributed by atoms with Crippen LogP contribution in [-0.2, 0) is 4.79 Å². The van der Waals surface area contributed by atoms with E-state index in [1.165, 1.54) is 0 Å². The Morgan fingerprint density at radius 2 is 2.27 bits per heavy atom. The average Bonchev–Trinajstić information content (AvgIpc) is 2.33. The molecule has 3 N–H and O–H groups in total. The molecule has 64 valence electrons. The standard InChI is InChI=1S/C8H15NO2/c1-5(9)6-2-3-7(4-6)8(10)11/h5-7H,2-4,9H2,1H3,(H,10,11). The average molecular weight is 157 g/mol. The van der Waals surface area contributed by atoms with Gasteiger partial charge < -0.3 is 10.8 Å². The third kappa shape index (κ3) is 1.93. The molecule has 1 rings (SSSR count). The van der Waals surface area contributed by atoms with Crippen molar-refractivity contribution < 1.29 is 9.90 Å². The number of carboxylic acid groups (broad SMARTS) is 1. The molecule has 0 amide bonds. The van der Waals surface area contributed by atoms with Crippen LogP contribution in [0.15, 0.2) is 0 Å². The molecule has 0 spiro atoms. The highest BCUT2D eigenvalue weighted by Crippen LogP contribution is 2.32. The van der Waals surface area contributed by atoms with Crippen LogP contribution in [0, 0.1) is 11.8 Å². The largest absolute Gasteiger partial charge is 0.481 e. The topological polar surface area (TPSA) is 63.3 Å². The highest BCUT2D eigenvalue weighted by molar-refractivity contribution is 5.70. The Balaban J connectivity index is 2.41. The van der Waals surface area contributed by atoms with E-state index in [0.29, 0.717) is 5.92 Å². The Hall–Kier alpha value is -0.570. The van der Waals surface area contributed by atoms with Crippen molar-refractivity contribution in [2.75, 3.05) is 0 Å². The van der Waals surface area contributed by atoms with Crippen LogP contribution in [0.5, 0.6) is 0 Å². The summed E-state index contributed by atoms with van der Waals surface area (Å²) in [6.07, 6.45) is 2.56. The summed E-state index contributed by atoms with van der Waals surface area (Å²) in [5, 5.41) is 8.67. The van der Waals surface area contributed by atoms with Crippen LogP contribution in [0.1, 0.15) is 26.2 Å². The zero-order chi connectivity index (χ0) is 8.43. The maximum atomic E-state index is 10.5. The Bertz CT molecular complexity index is 156. The Morgan fingerprint density at radius 1 is 1.64 bits per heavy atom. The van der Waals surface area contributed by atoms with Crippen LogP contribution in [-0.4, -0.2) is 17.1 Å². The van der Waals surface area contributed by atoms with Gasteiger partial charge in [-0.25, -0.2) is 0 Å². The van der Waals surface area contributed by atoms with Gasteiger partial charge in [-0.2, -0.15) is 0 Å². The summed E-state index contributed by atoms with van der Waals surface area (Å²) < 4.78 is 0. The molecule has 1 fully saturated rings. The molecule has 1 aliphatic rings. The lowest BCUT2D eigenvalue weighted by atomic mass is 9.99. The quantitative estimate of drug-likeness (QED) is 0.624. The first-order valence-electron chi connectivity index (χ1n) is 4.09. The minimum atomic E-state index is -0.659. The predicted molar refractivity (Wildman–Crippen MR) is 42.1 cm³/mol. The normalized spacial score (nSPS) is 33.6. The van der Waals surface area contributed by atoms with Crippen LogP contribution in [0.3, 0.4) is 0 Å². The molecule has 1 saturated carbocycles. The van der Waals surface area contributed by atoms with Crippen LogP contribution in [0.25, 0.3) is 0 Å². The van der Waals surface area contributed by atoms with Gasteiger partial charge in [-0.1, -0.05) is 0 Å². The van der Waals surface area contributed by atoms with Crippen molar-refractivity contribution in [1.82, 2.24) is 0 Å². The Morgan fingerprint density at radius 3 is 2.55 bits per heavy atom. The predicted octanol–water partition coefficient (Wildman–Crippen LogP) is 0.834. The zero-order valence-electron chi connectivity index (χ0n) is 6.79. The number of carbonyl (C=O) groups is 1. The second-order valence-electron chi connectivity index (χ2n) is 3.47. The highest BCUT2D eigenvalue weighted by Gasteiger charge is 2.31. The van der Waals surface area contributed by atoms with E-state index in [2.05, 4.69) is 0 Å². The van der Waals surface area contributed by atoms with Gasteiger partial charge in [0.15, 0.2) is 0 Å². The van der Waals surface area contributed by atoms with Gasteiger partial charge in [-0.05, 0) is 32.1 Å². The second kappa shape index (κ2) is 3.22. The van der Waals surface area contributed by atoms with E-state index in [1.807, 2.05) is 6.92 Å². The molecule has 0 aromatic heterocycles. The fourth-order valence-electron chi connectivity index (χ4n) is 1.72. The molecule has 0 bridgehead atoms. The smallest absolute Gasteiger partial charge is 0.306 e. The summed E-state index contributed by atoms with van der Waals surface area (Å²) in [5.74, 6) is -0.366. The molecule has 0 aromatic carbocycles. The number of carboxylic acids is 1. The van der Waals surface area contributed by atoms with Gasteiger partial charge in [-0.15, -0.1) is 0 Å². The number of rotatable bonds is 2. The fourth-order valence-corrected chi connectivity index (χ4v) is 1.72. The van der Waals surface area contributed by atoms with Crippen LogP contribution >= 0.6 is 0 Å². The Kier molecular flexibility index (Phi) is 2.49. The fraction of sp³-hybridized carbons (Fsp3) is 0.875. The summed E-state index contributed by atoms with van der Waals surface area (Å²) in [6.45, 7) is 1.95.